The van der Waals surface area contributed by atoms with Crippen molar-refractivity contribution in [3.05, 3.63) is 24.3 Å². The first kappa shape index (κ1) is 20.2. The van der Waals surface area contributed by atoms with Crippen LogP contribution in [-0.4, -0.2) is 18.6 Å². The summed E-state index contributed by atoms with van der Waals surface area (Å²) in [6, 6.07) is 6.96. The van der Waals surface area contributed by atoms with Crippen LogP contribution in [0.25, 0.3) is 0 Å². The molecule has 1 aromatic carbocycles. The van der Waals surface area contributed by atoms with E-state index in [1.807, 2.05) is 26.0 Å². The van der Waals surface area contributed by atoms with Crippen molar-refractivity contribution in [2.45, 2.75) is 26.8 Å². The van der Waals surface area contributed by atoms with Crippen molar-refractivity contribution < 1.29 is 9.53 Å². The number of hydrogen-bond acceptors (Lipinski definition) is 4. The van der Waals surface area contributed by atoms with E-state index in [0.717, 1.165) is 5.69 Å². The van der Waals surface area contributed by atoms with E-state index in [9.17, 15) is 4.79 Å². The van der Waals surface area contributed by atoms with Crippen molar-refractivity contribution in [3.8, 4) is 0 Å². The predicted molar refractivity (Wildman–Crippen MR) is 84.2 cm³/mol. The summed E-state index contributed by atoms with van der Waals surface area (Å²) in [5.74, 6) is -0.0640. The van der Waals surface area contributed by atoms with E-state index >= 15 is 0 Å². The topological polar surface area (TPSA) is 64.3 Å². The Morgan fingerprint density at radius 1 is 1.26 bits per heavy atom. The molecule has 0 aliphatic carbocycles. The zero-order valence-corrected chi connectivity index (χ0v) is 13.0. The molecule has 1 unspecified atom stereocenters. The summed E-state index contributed by atoms with van der Waals surface area (Å²) in [6.45, 7) is 6.15. The number of anilines is 2. The van der Waals surface area contributed by atoms with Crippen LogP contribution in [0.1, 0.15) is 20.8 Å². The minimum absolute atomic E-state index is 0. The molecular weight excluding hydrogens is 287 g/mol. The molecule has 1 aromatic rings. The Labute approximate surface area is 126 Å². The van der Waals surface area contributed by atoms with Gasteiger partial charge >= 0.3 is 5.97 Å². The van der Waals surface area contributed by atoms with Crippen molar-refractivity contribution in [1.29, 1.82) is 0 Å². The highest BCUT2D eigenvalue weighted by Gasteiger charge is 2.23. The summed E-state index contributed by atoms with van der Waals surface area (Å²) in [6.07, 6.45) is 0. The fraction of sp³-hybridized carbons (Fsp3) is 0.462. The van der Waals surface area contributed by atoms with Gasteiger partial charge in [-0.15, -0.1) is 24.8 Å². The normalized spacial score (nSPS) is 10.9. The molecular formula is C13H22Cl2N2O2. The molecule has 0 aromatic heterocycles. The van der Waals surface area contributed by atoms with Crippen LogP contribution >= 0.6 is 24.8 Å². The average molecular weight is 309 g/mol. The number of benzene rings is 1. The highest BCUT2D eigenvalue weighted by molar-refractivity contribution is 5.85. The molecule has 0 aliphatic heterocycles. The molecule has 0 saturated heterocycles. The quantitative estimate of drug-likeness (QED) is 0.648. The van der Waals surface area contributed by atoms with E-state index in [0.29, 0.717) is 12.3 Å². The summed E-state index contributed by atoms with van der Waals surface area (Å²) in [5.41, 5.74) is 7.17. The van der Waals surface area contributed by atoms with Crippen molar-refractivity contribution >= 4 is 42.2 Å². The Morgan fingerprint density at radius 3 is 2.21 bits per heavy atom. The van der Waals surface area contributed by atoms with E-state index in [1.54, 1.807) is 19.1 Å². The lowest BCUT2D eigenvalue weighted by atomic mass is 10.0. The second kappa shape index (κ2) is 9.75. The van der Waals surface area contributed by atoms with E-state index < -0.39 is 0 Å². The number of ether oxygens (including phenoxy) is 1. The van der Waals surface area contributed by atoms with Crippen LogP contribution in [0.2, 0.25) is 0 Å². The van der Waals surface area contributed by atoms with E-state index in [4.69, 9.17) is 10.5 Å². The molecule has 0 bridgehead atoms. The van der Waals surface area contributed by atoms with Gasteiger partial charge in [0, 0.05) is 11.4 Å². The van der Waals surface area contributed by atoms with Gasteiger partial charge in [-0.25, -0.2) is 4.79 Å². The van der Waals surface area contributed by atoms with Crippen LogP contribution in [-0.2, 0) is 9.53 Å². The van der Waals surface area contributed by atoms with Gasteiger partial charge in [0.05, 0.1) is 6.61 Å². The lowest BCUT2D eigenvalue weighted by Gasteiger charge is -2.21. The summed E-state index contributed by atoms with van der Waals surface area (Å²) in [4.78, 5) is 11.7. The molecule has 1 atom stereocenters. The first-order valence-electron chi connectivity index (χ1n) is 5.83. The lowest BCUT2D eigenvalue weighted by Crippen LogP contribution is -2.36. The van der Waals surface area contributed by atoms with E-state index in [-0.39, 0.29) is 42.7 Å². The monoisotopic (exact) mass is 308 g/mol. The number of carbonyl (C=O) groups excluding carboxylic acids is 1. The van der Waals surface area contributed by atoms with Gasteiger partial charge < -0.3 is 15.8 Å². The molecule has 3 N–H and O–H groups in total. The second-order valence-corrected chi connectivity index (χ2v) is 4.24. The number of nitrogens with one attached hydrogen (secondary N) is 1. The number of esters is 1. The maximum atomic E-state index is 11.7. The summed E-state index contributed by atoms with van der Waals surface area (Å²) >= 11 is 0. The Bertz CT molecular complexity index is 369. The number of hydrogen-bond donors (Lipinski definition) is 2. The van der Waals surface area contributed by atoms with E-state index in [1.165, 1.54) is 0 Å². The van der Waals surface area contributed by atoms with Gasteiger partial charge in [-0.1, -0.05) is 13.8 Å². The fourth-order valence-electron chi connectivity index (χ4n) is 1.49. The zero-order valence-electron chi connectivity index (χ0n) is 11.4. The number of carbonyl (C=O) groups is 1. The lowest BCUT2D eigenvalue weighted by molar-refractivity contribution is -0.145. The summed E-state index contributed by atoms with van der Waals surface area (Å²) < 4.78 is 5.04. The third-order valence-electron chi connectivity index (χ3n) is 2.44. The van der Waals surface area contributed by atoms with Crippen molar-refractivity contribution in [2.24, 2.45) is 5.92 Å². The second-order valence-electron chi connectivity index (χ2n) is 4.24. The van der Waals surface area contributed by atoms with Crippen molar-refractivity contribution in [3.63, 3.8) is 0 Å². The number of nitrogen functional groups attached to an aromatic ring is 1. The van der Waals surface area contributed by atoms with Gasteiger partial charge in [0.2, 0.25) is 0 Å². The van der Waals surface area contributed by atoms with Gasteiger partial charge in [-0.3, -0.25) is 0 Å². The minimum Gasteiger partial charge on any atom is -0.464 e. The van der Waals surface area contributed by atoms with Crippen LogP contribution in [0, 0.1) is 5.92 Å². The molecule has 19 heavy (non-hydrogen) atoms. The van der Waals surface area contributed by atoms with Crippen LogP contribution in [0.3, 0.4) is 0 Å². The summed E-state index contributed by atoms with van der Waals surface area (Å²) in [7, 11) is 0. The number of nitrogens with two attached hydrogens (primary N) is 1. The van der Waals surface area contributed by atoms with Crippen LogP contribution in [0.5, 0.6) is 0 Å². The molecule has 0 aliphatic rings. The molecule has 0 spiro atoms. The molecule has 110 valence electrons. The standard InChI is InChI=1S/C13H20N2O2.2ClH/c1-4-17-13(16)12(9(2)3)15-11-7-5-10(14)6-8-11;;/h5-9,12,15H,4,14H2,1-3H3;2*1H. The number of halogens is 2. The molecule has 1 rings (SSSR count). The van der Waals surface area contributed by atoms with Crippen LogP contribution in [0.4, 0.5) is 11.4 Å². The first-order chi connectivity index (χ1) is 8.04. The molecule has 0 saturated carbocycles. The van der Waals surface area contributed by atoms with E-state index in [2.05, 4.69) is 5.32 Å². The highest BCUT2D eigenvalue weighted by Crippen LogP contribution is 2.15. The molecule has 0 radical (unpaired) electrons. The Morgan fingerprint density at radius 2 is 1.79 bits per heavy atom. The van der Waals surface area contributed by atoms with Gasteiger partial charge in [0.1, 0.15) is 6.04 Å². The molecule has 4 nitrogen and oxygen atoms in total. The Balaban J connectivity index is 0. The predicted octanol–water partition coefficient (Wildman–Crippen LogP) is 3.11. The van der Waals surface area contributed by atoms with Crippen LogP contribution in [0.15, 0.2) is 24.3 Å². The van der Waals surface area contributed by atoms with Crippen molar-refractivity contribution in [1.82, 2.24) is 0 Å². The van der Waals surface area contributed by atoms with Gasteiger partial charge in [0.15, 0.2) is 0 Å². The maximum absolute atomic E-state index is 11.7. The highest BCUT2D eigenvalue weighted by atomic mass is 35.5. The van der Waals surface area contributed by atoms with Gasteiger partial charge in [-0.05, 0) is 37.1 Å². The van der Waals surface area contributed by atoms with Gasteiger partial charge in [0.25, 0.3) is 0 Å². The molecule has 0 fully saturated rings. The molecule has 6 heteroatoms. The molecule has 0 heterocycles. The third-order valence-corrected chi connectivity index (χ3v) is 2.44. The molecule has 0 amide bonds. The first-order valence-corrected chi connectivity index (χ1v) is 5.83. The Hall–Kier alpha value is -1.13. The third kappa shape index (κ3) is 6.55. The van der Waals surface area contributed by atoms with Crippen molar-refractivity contribution in [2.75, 3.05) is 17.7 Å². The number of rotatable bonds is 5. The zero-order chi connectivity index (χ0) is 12.8. The van der Waals surface area contributed by atoms with Crippen LogP contribution < -0.4 is 11.1 Å². The average Bonchev–Trinajstić information content (AvgIpc) is 2.28. The summed E-state index contributed by atoms with van der Waals surface area (Å²) in [5, 5.41) is 3.16. The maximum Gasteiger partial charge on any atom is 0.328 e. The fourth-order valence-corrected chi connectivity index (χ4v) is 1.49. The Kier molecular flexibility index (Phi) is 10.4. The SMILES string of the molecule is CCOC(=O)C(Nc1ccc(N)cc1)C(C)C.Cl.Cl. The smallest absolute Gasteiger partial charge is 0.328 e. The van der Waals surface area contributed by atoms with Gasteiger partial charge in [-0.2, -0.15) is 0 Å². The largest absolute Gasteiger partial charge is 0.464 e. The minimum atomic E-state index is -0.335.